The van der Waals surface area contributed by atoms with Gasteiger partial charge in [-0.2, -0.15) is 10.5 Å². The van der Waals surface area contributed by atoms with Crippen LogP contribution in [0.25, 0.3) is 0 Å². The molecule has 0 spiro atoms. The number of aromatic nitrogens is 3. The standard InChI is InChI=1S/C15H14N6O/c1-15(2,9-17)13(22)19-14-18-10-21(20-14)8-12-5-3-11(7-16)4-6-12/h3-6,10H,8H2,1-2H3,(H,19,20,22). The van der Waals surface area contributed by atoms with Crippen molar-refractivity contribution in [2.45, 2.75) is 20.4 Å². The predicted octanol–water partition coefficient (Wildman–Crippen LogP) is 1.69. The van der Waals surface area contributed by atoms with Gasteiger partial charge in [0.15, 0.2) is 0 Å². The van der Waals surface area contributed by atoms with Crippen molar-refractivity contribution in [1.29, 1.82) is 10.5 Å². The number of hydrogen-bond acceptors (Lipinski definition) is 5. The first-order valence-electron chi connectivity index (χ1n) is 6.56. The van der Waals surface area contributed by atoms with E-state index in [-0.39, 0.29) is 5.95 Å². The van der Waals surface area contributed by atoms with E-state index in [1.54, 1.807) is 16.8 Å². The molecule has 0 bridgehead atoms. The van der Waals surface area contributed by atoms with Crippen LogP contribution in [0.2, 0.25) is 0 Å². The fraction of sp³-hybridized carbons (Fsp3) is 0.267. The van der Waals surface area contributed by atoms with Crippen molar-refractivity contribution in [3.05, 3.63) is 41.7 Å². The first-order chi connectivity index (χ1) is 10.4. The monoisotopic (exact) mass is 294 g/mol. The molecular weight excluding hydrogens is 280 g/mol. The molecule has 0 radical (unpaired) electrons. The molecular formula is C15H14N6O. The van der Waals surface area contributed by atoms with E-state index in [2.05, 4.69) is 21.5 Å². The van der Waals surface area contributed by atoms with Crippen molar-refractivity contribution < 1.29 is 4.79 Å². The molecule has 0 unspecified atom stereocenters. The van der Waals surface area contributed by atoms with Crippen LogP contribution in [0.3, 0.4) is 0 Å². The zero-order valence-corrected chi connectivity index (χ0v) is 12.2. The Labute approximate surface area is 127 Å². The number of anilines is 1. The predicted molar refractivity (Wildman–Crippen MR) is 78.3 cm³/mol. The Balaban J connectivity index is 2.04. The summed E-state index contributed by atoms with van der Waals surface area (Å²) < 4.78 is 1.57. The Bertz CT molecular complexity index is 761. The molecule has 0 fully saturated rings. The number of amides is 1. The van der Waals surface area contributed by atoms with Gasteiger partial charge >= 0.3 is 0 Å². The van der Waals surface area contributed by atoms with Gasteiger partial charge in [-0.25, -0.2) is 9.67 Å². The molecule has 0 aliphatic carbocycles. The Morgan fingerprint density at radius 3 is 2.59 bits per heavy atom. The fourth-order valence-corrected chi connectivity index (χ4v) is 1.61. The topological polar surface area (TPSA) is 107 Å². The zero-order valence-electron chi connectivity index (χ0n) is 12.2. The second kappa shape index (κ2) is 6.06. The lowest BCUT2D eigenvalue weighted by Gasteiger charge is -2.12. The summed E-state index contributed by atoms with van der Waals surface area (Å²) in [4.78, 5) is 15.8. The maximum absolute atomic E-state index is 11.8. The van der Waals surface area contributed by atoms with E-state index in [1.807, 2.05) is 18.2 Å². The third kappa shape index (κ3) is 3.47. The van der Waals surface area contributed by atoms with Crippen molar-refractivity contribution >= 4 is 11.9 Å². The minimum absolute atomic E-state index is 0.155. The third-order valence-corrected chi connectivity index (χ3v) is 3.04. The first-order valence-corrected chi connectivity index (χ1v) is 6.56. The molecule has 2 aromatic rings. The molecule has 0 saturated carbocycles. The molecule has 7 heteroatoms. The van der Waals surface area contributed by atoms with Crippen LogP contribution in [0.5, 0.6) is 0 Å². The van der Waals surface area contributed by atoms with Crippen LogP contribution < -0.4 is 5.32 Å². The van der Waals surface area contributed by atoms with Crippen molar-refractivity contribution in [1.82, 2.24) is 14.8 Å². The quantitative estimate of drug-likeness (QED) is 0.923. The number of benzene rings is 1. The van der Waals surface area contributed by atoms with Gasteiger partial charge in [0.25, 0.3) is 0 Å². The molecule has 22 heavy (non-hydrogen) atoms. The molecule has 0 aliphatic heterocycles. The van der Waals surface area contributed by atoms with Crippen LogP contribution in [-0.2, 0) is 11.3 Å². The summed E-state index contributed by atoms with van der Waals surface area (Å²) in [5.41, 5.74) is 0.409. The zero-order chi connectivity index (χ0) is 16.2. The van der Waals surface area contributed by atoms with Gasteiger partial charge in [-0.15, -0.1) is 5.10 Å². The van der Waals surface area contributed by atoms with E-state index in [9.17, 15) is 4.79 Å². The normalized spacial score (nSPS) is 10.5. The number of carbonyl (C=O) groups excluding carboxylic acids is 1. The van der Waals surface area contributed by atoms with E-state index in [0.717, 1.165) is 5.56 Å². The van der Waals surface area contributed by atoms with Crippen LogP contribution in [0, 0.1) is 28.1 Å². The highest BCUT2D eigenvalue weighted by molar-refractivity contribution is 5.95. The van der Waals surface area contributed by atoms with Gasteiger partial charge in [0.2, 0.25) is 11.9 Å². The third-order valence-electron chi connectivity index (χ3n) is 3.04. The molecule has 1 aromatic heterocycles. The van der Waals surface area contributed by atoms with E-state index in [1.165, 1.54) is 20.2 Å². The number of rotatable bonds is 4. The van der Waals surface area contributed by atoms with Crippen molar-refractivity contribution in [3.8, 4) is 12.1 Å². The maximum Gasteiger partial charge on any atom is 0.248 e. The highest BCUT2D eigenvalue weighted by atomic mass is 16.2. The summed E-state index contributed by atoms with van der Waals surface area (Å²) in [5.74, 6) is -0.298. The lowest BCUT2D eigenvalue weighted by molar-refractivity contribution is -0.121. The minimum atomic E-state index is -1.14. The Hall–Kier alpha value is -3.19. The molecule has 1 aromatic carbocycles. The summed E-state index contributed by atoms with van der Waals surface area (Å²) >= 11 is 0. The van der Waals surface area contributed by atoms with E-state index in [4.69, 9.17) is 10.5 Å². The smallest absolute Gasteiger partial charge is 0.248 e. The van der Waals surface area contributed by atoms with Gasteiger partial charge in [0.05, 0.1) is 24.2 Å². The van der Waals surface area contributed by atoms with Crippen LogP contribution in [0.4, 0.5) is 5.95 Å². The molecule has 0 saturated heterocycles. The Morgan fingerprint density at radius 1 is 1.32 bits per heavy atom. The SMILES string of the molecule is CC(C)(C#N)C(=O)Nc1ncn(Cc2ccc(C#N)cc2)n1. The van der Waals surface area contributed by atoms with E-state index in [0.29, 0.717) is 12.1 Å². The Kier molecular flexibility index (Phi) is 4.19. The van der Waals surface area contributed by atoms with Gasteiger partial charge in [-0.3, -0.25) is 10.1 Å². The Morgan fingerprint density at radius 2 is 2.00 bits per heavy atom. The average molecular weight is 294 g/mol. The van der Waals surface area contributed by atoms with Gasteiger partial charge in [0.1, 0.15) is 11.7 Å². The minimum Gasteiger partial charge on any atom is -0.292 e. The number of hydrogen-bond donors (Lipinski definition) is 1. The highest BCUT2D eigenvalue weighted by Gasteiger charge is 2.28. The summed E-state index contributed by atoms with van der Waals surface area (Å²) in [6, 6.07) is 11.1. The van der Waals surface area contributed by atoms with Gasteiger partial charge in [-0.05, 0) is 31.5 Å². The summed E-state index contributed by atoms with van der Waals surface area (Å²) in [7, 11) is 0. The van der Waals surface area contributed by atoms with Crippen LogP contribution in [0.1, 0.15) is 25.0 Å². The summed E-state index contributed by atoms with van der Waals surface area (Å²) in [6.45, 7) is 3.52. The van der Waals surface area contributed by atoms with Crippen molar-refractivity contribution in [2.75, 3.05) is 5.32 Å². The summed E-state index contributed by atoms with van der Waals surface area (Å²) in [5, 5.41) is 24.3. The average Bonchev–Trinajstić information content (AvgIpc) is 2.95. The van der Waals surface area contributed by atoms with Crippen LogP contribution in [-0.4, -0.2) is 20.7 Å². The lowest BCUT2D eigenvalue weighted by Crippen LogP contribution is -2.29. The number of nitrogens with zero attached hydrogens (tertiary/aromatic N) is 5. The van der Waals surface area contributed by atoms with E-state index >= 15 is 0 Å². The highest BCUT2D eigenvalue weighted by Crippen LogP contribution is 2.15. The van der Waals surface area contributed by atoms with Gasteiger partial charge < -0.3 is 0 Å². The van der Waals surface area contributed by atoms with Gasteiger partial charge in [0, 0.05) is 0 Å². The number of nitriles is 2. The molecule has 7 nitrogen and oxygen atoms in total. The molecule has 1 amide bonds. The van der Waals surface area contributed by atoms with Crippen LogP contribution >= 0.6 is 0 Å². The van der Waals surface area contributed by atoms with Crippen molar-refractivity contribution in [3.63, 3.8) is 0 Å². The largest absolute Gasteiger partial charge is 0.292 e. The molecule has 0 atom stereocenters. The van der Waals surface area contributed by atoms with Crippen LogP contribution in [0.15, 0.2) is 30.6 Å². The molecule has 1 heterocycles. The summed E-state index contributed by atoms with van der Waals surface area (Å²) in [6.07, 6.45) is 1.49. The second-order valence-electron chi connectivity index (χ2n) is 5.27. The molecule has 1 N–H and O–H groups in total. The lowest BCUT2D eigenvalue weighted by atomic mass is 9.95. The maximum atomic E-state index is 11.8. The number of nitrogens with one attached hydrogen (secondary N) is 1. The van der Waals surface area contributed by atoms with Gasteiger partial charge in [-0.1, -0.05) is 12.1 Å². The molecule has 110 valence electrons. The number of carbonyl (C=O) groups is 1. The first kappa shape index (κ1) is 15.2. The molecule has 0 aliphatic rings. The molecule has 2 rings (SSSR count). The fourth-order valence-electron chi connectivity index (χ4n) is 1.61. The van der Waals surface area contributed by atoms with Crippen molar-refractivity contribution in [2.24, 2.45) is 5.41 Å². The van der Waals surface area contributed by atoms with E-state index < -0.39 is 11.3 Å². The second-order valence-corrected chi connectivity index (χ2v) is 5.27.